The first-order valence-corrected chi connectivity index (χ1v) is 5.30. The minimum atomic E-state index is -0.248. The highest BCUT2D eigenvalue weighted by Gasteiger charge is 2.06. The van der Waals surface area contributed by atoms with Crippen LogP contribution in [0.3, 0.4) is 0 Å². The lowest BCUT2D eigenvalue weighted by molar-refractivity contribution is 0.109. The molecule has 3 nitrogen and oxygen atoms in total. The molecular weight excluding hydrogens is 222 g/mol. The molecule has 0 saturated carbocycles. The summed E-state index contributed by atoms with van der Waals surface area (Å²) in [6.45, 7) is 0.547. The van der Waals surface area contributed by atoms with Gasteiger partial charge in [-0.25, -0.2) is 0 Å². The summed E-state index contributed by atoms with van der Waals surface area (Å²) in [5.41, 5.74) is 1.33. The first kappa shape index (κ1) is 10.8. The second-order valence-corrected chi connectivity index (χ2v) is 3.69. The third kappa shape index (κ3) is 2.46. The number of thiol groups is 1. The molecule has 1 aromatic carbocycles. The number of para-hydroxylation sites is 1. The third-order valence-corrected chi connectivity index (χ3v) is 2.43. The molecule has 2 rings (SSSR count). The highest BCUT2D eigenvalue weighted by Crippen LogP contribution is 2.17. The molecule has 0 unspecified atom stereocenters. The zero-order valence-electron chi connectivity index (χ0n) is 8.51. The highest BCUT2D eigenvalue weighted by atomic mass is 32.1. The van der Waals surface area contributed by atoms with Crippen LogP contribution in [-0.2, 0) is 6.54 Å². The highest BCUT2D eigenvalue weighted by molar-refractivity contribution is 7.97. The van der Waals surface area contributed by atoms with E-state index in [0.717, 1.165) is 11.4 Å². The number of hydrogen-bond acceptors (Lipinski definition) is 3. The van der Waals surface area contributed by atoms with Crippen molar-refractivity contribution in [1.29, 1.82) is 0 Å². The van der Waals surface area contributed by atoms with E-state index in [1.165, 1.54) is 0 Å². The Morgan fingerprint density at radius 1 is 1.25 bits per heavy atom. The van der Waals surface area contributed by atoms with Gasteiger partial charge < -0.3 is 9.73 Å². The van der Waals surface area contributed by atoms with Gasteiger partial charge in [0, 0.05) is 5.69 Å². The quantitative estimate of drug-likeness (QED) is 0.798. The normalized spacial score (nSPS) is 10.1. The molecule has 0 aliphatic rings. The van der Waals surface area contributed by atoms with E-state index < -0.39 is 0 Å². The lowest BCUT2D eigenvalue weighted by atomic mass is 10.2. The summed E-state index contributed by atoms with van der Waals surface area (Å²) in [5, 5.41) is 2.89. The van der Waals surface area contributed by atoms with Crippen molar-refractivity contribution in [1.82, 2.24) is 0 Å². The van der Waals surface area contributed by atoms with Crippen LogP contribution in [0.15, 0.2) is 47.1 Å². The Bertz CT molecular complexity index is 480. The van der Waals surface area contributed by atoms with Crippen LogP contribution in [0.5, 0.6) is 0 Å². The molecule has 0 atom stereocenters. The molecular formula is C12H11NO2S. The maximum absolute atomic E-state index is 11.2. The van der Waals surface area contributed by atoms with Gasteiger partial charge in [0.1, 0.15) is 5.76 Å². The number of carbonyl (C=O) groups excluding carboxylic acids is 1. The topological polar surface area (TPSA) is 42.2 Å². The Hall–Kier alpha value is -1.68. The minimum absolute atomic E-state index is 0.248. The largest absolute Gasteiger partial charge is 0.467 e. The summed E-state index contributed by atoms with van der Waals surface area (Å²) in [6.07, 6.45) is 1.62. The van der Waals surface area contributed by atoms with Gasteiger partial charge in [-0.1, -0.05) is 12.1 Å². The molecule has 82 valence electrons. The van der Waals surface area contributed by atoms with Crippen LogP contribution in [0.1, 0.15) is 16.1 Å². The Balaban J connectivity index is 2.12. The summed E-state index contributed by atoms with van der Waals surface area (Å²) in [7, 11) is 0. The van der Waals surface area contributed by atoms with Crippen molar-refractivity contribution >= 4 is 23.4 Å². The van der Waals surface area contributed by atoms with Crippen molar-refractivity contribution in [2.45, 2.75) is 6.54 Å². The number of nitrogens with one attached hydrogen (secondary N) is 1. The summed E-state index contributed by atoms with van der Waals surface area (Å²) < 4.78 is 5.19. The molecule has 0 bridgehead atoms. The van der Waals surface area contributed by atoms with Crippen molar-refractivity contribution in [2.24, 2.45) is 0 Å². The van der Waals surface area contributed by atoms with Gasteiger partial charge in [0.2, 0.25) is 5.12 Å². The fourth-order valence-corrected chi connectivity index (χ4v) is 1.61. The van der Waals surface area contributed by atoms with Crippen molar-refractivity contribution < 1.29 is 9.21 Å². The summed E-state index contributed by atoms with van der Waals surface area (Å²) >= 11 is 3.82. The summed E-state index contributed by atoms with van der Waals surface area (Å²) in [4.78, 5) is 11.2. The lowest BCUT2D eigenvalue weighted by Crippen LogP contribution is -2.03. The number of carbonyl (C=O) groups is 1. The molecule has 0 aliphatic heterocycles. The zero-order chi connectivity index (χ0) is 11.4. The fraction of sp³-hybridized carbons (Fsp3) is 0.0833. The van der Waals surface area contributed by atoms with E-state index in [4.69, 9.17) is 4.42 Å². The van der Waals surface area contributed by atoms with E-state index in [9.17, 15) is 4.79 Å². The molecule has 0 saturated heterocycles. The monoisotopic (exact) mass is 233 g/mol. The number of rotatable bonds is 4. The molecule has 2 aromatic rings. The summed E-state index contributed by atoms with van der Waals surface area (Å²) in [6, 6.07) is 10.9. The standard InChI is InChI=1S/C12H11NO2S/c14-12(16)10-5-1-2-6-11(10)13-8-9-4-3-7-15-9/h1-7,13H,8H2,(H,14,16). The van der Waals surface area contributed by atoms with Crippen LogP contribution >= 0.6 is 12.6 Å². The van der Waals surface area contributed by atoms with E-state index in [1.807, 2.05) is 30.3 Å². The molecule has 16 heavy (non-hydrogen) atoms. The van der Waals surface area contributed by atoms with Crippen LogP contribution in [0, 0.1) is 0 Å². The van der Waals surface area contributed by atoms with Gasteiger partial charge in [0.05, 0.1) is 18.4 Å². The van der Waals surface area contributed by atoms with Crippen LogP contribution in [-0.4, -0.2) is 5.12 Å². The van der Waals surface area contributed by atoms with Crippen molar-refractivity contribution in [3.8, 4) is 0 Å². The zero-order valence-corrected chi connectivity index (χ0v) is 9.41. The van der Waals surface area contributed by atoms with Crippen LogP contribution in [0.25, 0.3) is 0 Å². The van der Waals surface area contributed by atoms with E-state index in [-0.39, 0.29) is 5.12 Å². The first-order valence-electron chi connectivity index (χ1n) is 4.86. The molecule has 0 aliphatic carbocycles. The van der Waals surface area contributed by atoms with E-state index in [0.29, 0.717) is 12.1 Å². The third-order valence-electron chi connectivity index (χ3n) is 2.19. The Morgan fingerprint density at radius 2 is 2.06 bits per heavy atom. The molecule has 0 amide bonds. The predicted octanol–water partition coefficient (Wildman–Crippen LogP) is 2.96. The van der Waals surface area contributed by atoms with Crippen LogP contribution in [0.2, 0.25) is 0 Å². The second-order valence-electron chi connectivity index (χ2n) is 3.28. The van der Waals surface area contributed by atoms with Crippen molar-refractivity contribution in [3.63, 3.8) is 0 Å². The molecule has 1 N–H and O–H groups in total. The Morgan fingerprint density at radius 3 is 2.75 bits per heavy atom. The Kier molecular flexibility index (Phi) is 3.31. The SMILES string of the molecule is O=C(S)c1ccccc1NCc1ccco1. The van der Waals surface area contributed by atoms with Gasteiger partial charge in [0.15, 0.2) is 0 Å². The maximum Gasteiger partial charge on any atom is 0.218 e. The molecule has 0 fully saturated rings. The number of furan rings is 1. The van der Waals surface area contributed by atoms with Gasteiger partial charge in [-0.05, 0) is 24.3 Å². The first-order chi connectivity index (χ1) is 7.77. The molecule has 4 heteroatoms. The fourth-order valence-electron chi connectivity index (χ4n) is 1.42. The van der Waals surface area contributed by atoms with Crippen LogP contribution in [0.4, 0.5) is 5.69 Å². The number of hydrogen-bond donors (Lipinski definition) is 2. The Labute approximate surface area is 98.9 Å². The molecule has 0 spiro atoms. The van der Waals surface area contributed by atoms with Crippen molar-refractivity contribution in [2.75, 3.05) is 5.32 Å². The predicted molar refractivity (Wildman–Crippen MR) is 65.8 cm³/mol. The number of benzene rings is 1. The van der Waals surface area contributed by atoms with Gasteiger partial charge >= 0.3 is 0 Å². The average Bonchev–Trinajstić information content (AvgIpc) is 2.79. The van der Waals surface area contributed by atoms with Crippen LogP contribution < -0.4 is 5.32 Å². The molecule has 1 aromatic heterocycles. The van der Waals surface area contributed by atoms with E-state index >= 15 is 0 Å². The van der Waals surface area contributed by atoms with Gasteiger partial charge in [0.25, 0.3) is 0 Å². The average molecular weight is 233 g/mol. The van der Waals surface area contributed by atoms with Crippen molar-refractivity contribution in [3.05, 3.63) is 54.0 Å². The smallest absolute Gasteiger partial charge is 0.218 e. The minimum Gasteiger partial charge on any atom is -0.467 e. The lowest BCUT2D eigenvalue weighted by Gasteiger charge is -2.07. The van der Waals surface area contributed by atoms with E-state index in [2.05, 4.69) is 17.9 Å². The van der Waals surface area contributed by atoms with Gasteiger partial charge in [-0.3, -0.25) is 4.79 Å². The molecule has 1 heterocycles. The summed E-state index contributed by atoms with van der Waals surface area (Å²) in [5.74, 6) is 0.821. The van der Waals surface area contributed by atoms with Gasteiger partial charge in [-0.2, -0.15) is 0 Å². The molecule has 0 radical (unpaired) electrons. The second kappa shape index (κ2) is 4.90. The number of anilines is 1. The maximum atomic E-state index is 11.2. The van der Waals surface area contributed by atoms with Gasteiger partial charge in [-0.15, -0.1) is 12.6 Å². The van der Waals surface area contributed by atoms with E-state index in [1.54, 1.807) is 12.3 Å².